The average Bonchev–Trinajstić information content (AvgIpc) is 3.10. The molecule has 0 saturated carbocycles. The maximum Gasteiger partial charge on any atom is 0.410 e. The van der Waals surface area contributed by atoms with Gasteiger partial charge in [0.05, 0.1) is 30.5 Å². The van der Waals surface area contributed by atoms with E-state index in [1.807, 2.05) is 27.7 Å². The van der Waals surface area contributed by atoms with Crippen LogP contribution in [-0.2, 0) is 38.2 Å². The number of rotatable bonds is 14. The van der Waals surface area contributed by atoms with Crippen molar-refractivity contribution in [1.82, 2.24) is 14.8 Å². The molecule has 14 heteroatoms. The minimum atomic E-state index is -3.96. The zero-order chi connectivity index (χ0) is 37.2. The predicted molar refractivity (Wildman–Crippen MR) is 187 cm³/mol. The Balaban J connectivity index is 1.31. The highest BCUT2D eigenvalue weighted by Gasteiger charge is 2.35. The van der Waals surface area contributed by atoms with Crippen molar-refractivity contribution in [2.75, 3.05) is 46.5 Å². The number of carbonyl (C=O) groups excluding carboxylic acids is 4. The molecule has 0 spiro atoms. The highest BCUT2D eigenvalue weighted by molar-refractivity contribution is 7.86. The molecule has 0 bridgehead atoms. The van der Waals surface area contributed by atoms with Crippen LogP contribution in [0, 0.1) is 18.8 Å². The summed E-state index contributed by atoms with van der Waals surface area (Å²) in [7, 11) is -2.70. The number of carbonyl (C=O) groups is 4. The molecule has 280 valence electrons. The summed E-state index contributed by atoms with van der Waals surface area (Å²) in [6.07, 6.45) is 6.35. The van der Waals surface area contributed by atoms with Crippen molar-refractivity contribution in [3.63, 3.8) is 0 Å². The monoisotopic (exact) mass is 729 g/mol. The topological polar surface area (TPSA) is 159 Å². The van der Waals surface area contributed by atoms with E-state index in [0.29, 0.717) is 56.8 Å². The van der Waals surface area contributed by atoms with Gasteiger partial charge in [0.15, 0.2) is 0 Å². The van der Waals surface area contributed by atoms with Crippen LogP contribution in [0.4, 0.5) is 4.79 Å². The summed E-state index contributed by atoms with van der Waals surface area (Å²) in [5, 5.41) is 0. The average molecular weight is 730 g/mol. The molecule has 2 aromatic rings. The standard InChI is InChI=1S/C37H51N3O10S/c1-26-8-11-31(12-9-26)51(45,46)49-20-19-48-30-21-29(23-38-24-30)32(22-34(42)47-5)35(43)28-7-6-16-40(25-28)33(41)13-10-27-14-17-39(18-15-27)36(44)50-37(2,3)4/h8-9,11-12,21,23-24,27-28,32H,6-7,10,13-20,22,25H2,1-5H3/t28-,32?/m1/s1. The largest absolute Gasteiger partial charge is 0.490 e. The molecular weight excluding hydrogens is 678 g/mol. The first-order valence-corrected chi connectivity index (χ1v) is 19.0. The molecule has 51 heavy (non-hydrogen) atoms. The van der Waals surface area contributed by atoms with Gasteiger partial charge >= 0.3 is 12.1 Å². The van der Waals surface area contributed by atoms with Crippen molar-refractivity contribution in [1.29, 1.82) is 0 Å². The number of methoxy groups -OCH3 is 1. The minimum Gasteiger partial charge on any atom is -0.490 e. The molecule has 2 fully saturated rings. The van der Waals surface area contributed by atoms with Gasteiger partial charge in [0.1, 0.15) is 30.3 Å². The fourth-order valence-corrected chi connectivity index (χ4v) is 7.24. The van der Waals surface area contributed by atoms with E-state index in [-0.39, 0.29) is 54.6 Å². The number of ketones is 1. The zero-order valence-corrected chi connectivity index (χ0v) is 31.1. The summed E-state index contributed by atoms with van der Waals surface area (Å²) in [6, 6.07) is 7.91. The SMILES string of the molecule is COC(=O)CC(C(=O)[C@@H]1CCCN(C(=O)CCC2CCN(C(=O)OC(C)(C)C)CC2)C1)c1cncc(OCCOS(=O)(=O)c2ccc(C)cc2)c1. The Morgan fingerprint density at radius 2 is 1.67 bits per heavy atom. The third-order valence-electron chi connectivity index (χ3n) is 9.19. The number of esters is 1. The number of ether oxygens (including phenoxy) is 3. The molecule has 1 aromatic carbocycles. The normalized spacial score (nSPS) is 17.8. The van der Waals surface area contributed by atoms with Crippen molar-refractivity contribution >= 4 is 33.9 Å². The number of hydrogen-bond acceptors (Lipinski definition) is 11. The van der Waals surface area contributed by atoms with Crippen LogP contribution >= 0.6 is 0 Å². The molecule has 0 aliphatic carbocycles. The number of aromatic nitrogens is 1. The van der Waals surface area contributed by atoms with Crippen molar-refractivity contribution < 1.29 is 46.0 Å². The summed E-state index contributed by atoms with van der Waals surface area (Å²) in [5.41, 5.74) is 0.831. The highest BCUT2D eigenvalue weighted by atomic mass is 32.2. The van der Waals surface area contributed by atoms with E-state index < -0.39 is 33.5 Å². The number of hydrogen-bond donors (Lipinski definition) is 0. The Hall–Kier alpha value is -4.04. The van der Waals surface area contributed by atoms with Crippen molar-refractivity contribution in [3.05, 3.63) is 53.9 Å². The van der Waals surface area contributed by atoms with Crippen LogP contribution in [0.3, 0.4) is 0 Å². The van der Waals surface area contributed by atoms with Gasteiger partial charge in [-0.2, -0.15) is 8.42 Å². The molecule has 13 nitrogen and oxygen atoms in total. The van der Waals surface area contributed by atoms with Gasteiger partial charge in [0.25, 0.3) is 10.1 Å². The molecule has 2 aliphatic rings. The Morgan fingerprint density at radius 3 is 2.33 bits per heavy atom. The Morgan fingerprint density at radius 1 is 0.961 bits per heavy atom. The number of benzene rings is 1. The number of Topliss-reactive ketones (excluding diaryl/α,β-unsaturated/α-hetero) is 1. The smallest absolute Gasteiger partial charge is 0.410 e. The van der Waals surface area contributed by atoms with Gasteiger partial charge in [-0.05, 0) is 89.5 Å². The van der Waals surface area contributed by atoms with E-state index in [9.17, 15) is 27.6 Å². The van der Waals surface area contributed by atoms with Gasteiger partial charge in [0, 0.05) is 44.7 Å². The lowest BCUT2D eigenvalue weighted by Crippen LogP contribution is -2.44. The number of likely N-dealkylation sites (tertiary alicyclic amines) is 2. The van der Waals surface area contributed by atoms with Crippen LogP contribution in [-0.4, -0.2) is 99.1 Å². The van der Waals surface area contributed by atoms with Gasteiger partial charge < -0.3 is 24.0 Å². The van der Waals surface area contributed by atoms with Crippen molar-refractivity contribution in [3.8, 4) is 5.75 Å². The van der Waals surface area contributed by atoms with E-state index in [0.717, 1.165) is 18.4 Å². The molecule has 0 radical (unpaired) electrons. The fraction of sp³-hybridized carbons (Fsp3) is 0.595. The van der Waals surface area contributed by atoms with Crippen LogP contribution in [0.25, 0.3) is 0 Å². The summed E-state index contributed by atoms with van der Waals surface area (Å²) < 4.78 is 46.2. The first-order chi connectivity index (χ1) is 24.1. The molecule has 2 amide bonds. The maximum absolute atomic E-state index is 14.0. The Bertz CT molecular complexity index is 1620. The number of amides is 2. The second-order valence-corrected chi connectivity index (χ2v) is 15.9. The van der Waals surface area contributed by atoms with E-state index in [1.165, 1.54) is 31.6 Å². The molecular formula is C37H51N3O10S. The summed E-state index contributed by atoms with van der Waals surface area (Å²) in [6.45, 7) is 9.06. The first kappa shape index (κ1) is 39.7. The number of nitrogens with zero attached hydrogens (tertiary/aromatic N) is 3. The zero-order valence-electron chi connectivity index (χ0n) is 30.3. The summed E-state index contributed by atoms with van der Waals surface area (Å²) in [5.74, 6) is -1.49. The van der Waals surface area contributed by atoms with Gasteiger partial charge in [-0.25, -0.2) is 4.79 Å². The Labute approximate surface area is 301 Å². The van der Waals surface area contributed by atoms with Gasteiger partial charge in [-0.1, -0.05) is 17.7 Å². The molecule has 0 N–H and O–H groups in total. The van der Waals surface area contributed by atoms with Crippen molar-refractivity contribution in [2.24, 2.45) is 11.8 Å². The summed E-state index contributed by atoms with van der Waals surface area (Å²) >= 11 is 0. The van der Waals surface area contributed by atoms with Gasteiger partial charge in [-0.15, -0.1) is 0 Å². The second-order valence-electron chi connectivity index (χ2n) is 14.3. The molecule has 3 heterocycles. The number of aryl methyl sites for hydroxylation is 1. The van der Waals surface area contributed by atoms with E-state index in [1.54, 1.807) is 28.0 Å². The summed E-state index contributed by atoms with van der Waals surface area (Å²) in [4.78, 5) is 59.9. The first-order valence-electron chi connectivity index (χ1n) is 17.5. The van der Waals surface area contributed by atoms with E-state index in [2.05, 4.69) is 4.98 Å². The van der Waals surface area contributed by atoms with Crippen LogP contribution in [0.15, 0.2) is 47.6 Å². The second kappa shape index (κ2) is 17.9. The lowest BCUT2D eigenvalue weighted by Gasteiger charge is -2.35. The maximum atomic E-state index is 14.0. The van der Waals surface area contributed by atoms with Crippen molar-refractivity contribution in [2.45, 2.75) is 89.1 Å². The number of piperidine rings is 2. The molecule has 2 saturated heterocycles. The van der Waals surface area contributed by atoms with Gasteiger partial charge in [0.2, 0.25) is 5.91 Å². The van der Waals surface area contributed by atoms with E-state index >= 15 is 0 Å². The van der Waals surface area contributed by atoms with Crippen LogP contribution in [0.2, 0.25) is 0 Å². The fourth-order valence-electron chi connectivity index (χ4n) is 6.35. The van der Waals surface area contributed by atoms with Crippen LogP contribution in [0.1, 0.15) is 82.8 Å². The molecule has 2 atom stereocenters. The minimum absolute atomic E-state index is 0.00438. The van der Waals surface area contributed by atoms with Crippen LogP contribution < -0.4 is 4.74 Å². The van der Waals surface area contributed by atoms with E-state index in [4.69, 9.17) is 18.4 Å². The number of pyridine rings is 1. The quantitative estimate of drug-likeness (QED) is 0.145. The lowest BCUT2D eigenvalue weighted by atomic mass is 9.82. The Kier molecular flexibility index (Phi) is 14.0. The highest BCUT2D eigenvalue weighted by Crippen LogP contribution is 2.31. The van der Waals surface area contributed by atoms with Gasteiger partial charge in [-0.3, -0.25) is 23.6 Å². The molecule has 4 rings (SSSR count). The lowest BCUT2D eigenvalue weighted by molar-refractivity contribution is -0.144. The molecule has 1 aromatic heterocycles. The predicted octanol–water partition coefficient (Wildman–Crippen LogP) is 5.06. The third kappa shape index (κ3) is 12.0. The van der Waals surface area contributed by atoms with Crippen LogP contribution in [0.5, 0.6) is 5.75 Å². The molecule has 2 aliphatic heterocycles. The molecule has 1 unspecified atom stereocenters. The third-order valence-corrected chi connectivity index (χ3v) is 10.5.